The Kier molecular flexibility index (Phi) is 6.55. The van der Waals surface area contributed by atoms with E-state index in [1.54, 1.807) is 25.3 Å². The lowest BCUT2D eigenvalue weighted by molar-refractivity contribution is -0.128. The van der Waals surface area contributed by atoms with Crippen molar-refractivity contribution in [2.75, 3.05) is 26.8 Å². The molecule has 1 aliphatic rings. The molecule has 1 aromatic rings. The third-order valence-corrected chi connectivity index (χ3v) is 4.42. The van der Waals surface area contributed by atoms with Crippen LogP contribution in [0.2, 0.25) is 5.02 Å². The molecule has 1 fully saturated rings. The van der Waals surface area contributed by atoms with Gasteiger partial charge in [0.25, 0.3) is 0 Å². The summed E-state index contributed by atoms with van der Waals surface area (Å²) in [5, 5.41) is 0.468. The molecule has 0 aliphatic carbocycles. The summed E-state index contributed by atoms with van der Waals surface area (Å²) in [6, 6.07) is 3.60. The van der Waals surface area contributed by atoms with Crippen LogP contribution in [0.3, 0.4) is 0 Å². The summed E-state index contributed by atoms with van der Waals surface area (Å²) < 4.78 is 10.8. The van der Waals surface area contributed by atoms with Gasteiger partial charge >= 0.3 is 0 Å². The lowest BCUT2D eigenvalue weighted by Crippen LogP contribution is -2.41. The molecule has 2 rings (SSSR count). The molecule has 0 bridgehead atoms. The lowest BCUT2D eigenvalue weighted by Gasteiger charge is -2.34. The van der Waals surface area contributed by atoms with Crippen LogP contribution < -0.4 is 9.47 Å². The minimum absolute atomic E-state index is 0.0401. The molecule has 5 heteroatoms. The zero-order chi connectivity index (χ0) is 17.7. The van der Waals surface area contributed by atoms with E-state index in [-0.39, 0.29) is 5.91 Å². The number of hydrogen-bond donors (Lipinski definition) is 0. The molecule has 0 spiro atoms. The quantitative estimate of drug-likeness (QED) is 0.744. The van der Waals surface area contributed by atoms with Gasteiger partial charge in [-0.3, -0.25) is 4.79 Å². The van der Waals surface area contributed by atoms with Crippen molar-refractivity contribution in [3.8, 4) is 11.5 Å². The van der Waals surface area contributed by atoms with Gasteiger partial charge in [0.1, 0.15) is 0 Å². The van der Waals surface area contributed by atoms with Crippen LogP contribution in [0.15, 0.2) is 18.2 Å². The zero-order valence-electron chi connectivity index (χ0n) is 14.8. The van der Waals surface area contributed by atoms with E-state index in [1.807, 2.05) is 17.9 Å². The molecule has 24 heavy (non-hydrogen) atoms. The first-order chi connectivity index (χ1) is 11.4. The number of likely N-dealkylation sites (tertiary alicyclic amines) is 1. The first-order valence-electron chi connectivity index (χ1n) is 8.41. The number of nitrogens with zero attached hydrogens (tertiary/aromatic N) is 1. The van der Waals surface area contributed by atoms with E-state index in [0.717, 1.165) is 18.7 Å². The summed E-state index contributed by atoms with van der Waals surface area (Å²) in [4.78, 5) is 14.4. The normalized spacial score (nSPS) is 21.1. The average molecular weight is 352 g/mol. The van der Waals surface area contributed by atoms with Crippen molar-refractivity contribution in [3.05, 3.63) is 28.8 Å². The van der Waals surface area contributed by atoms with Crippen molar-refractivity contribution >= 4 is 23.6 Å². The number of methoxy groups -OCH3 is 1. The second-order valence-corrected chi connectivity index (χ2v) is 6.90. The maximum atomic E-state index is 12.4. The number of halogens is 1. The van der Waals surface area contributed by atoms with Gasteiger partial charge in [-0.05, 0) is 49.0 Å². The zero-order valence-corrected chi connectivity index (χ0v) is 15.6. The second-order valence-electron chi connectivity index (χ2n) is 6.49. The summed E-state index contributed by atoms with van der Waals surface area (Å²) in [6.07, 6.45) is 4.57. The van der Waals surface area contributed by atoms with Crippen LogP contribution in [0.25, 0.3) is 6.08 Å². The predicted octanol–water partition coefficient (Wildman–Crippen LogP) is 4.27. The molecule has 0 saturated carbocycles. The highest BCUT2D eigenvalue weighted by molar-refractivity contribution is 6.32. The molecule has 2 unspecified atom stereocenters. The van der Waals surface area contributed by atoms with Crippen molar-refractivity contribution in [1.29, 1.82) is 0 Å². The van der Waals surface area contributed by atoms with Crippen LogP contribution in [0.1, 0.15) is 32.8 Å². The van der Waals surface area contributed by atoms with Crippen molar-refractivity contribution in [2.24, 2.45) is 11.8 Å². The molecule has 0 aromatic heterocycles. The molecule has 0 N–H and O–H groups in total. The Balaban J connectivity index is 2.14. The molecule has 1 amide bonds. The summed E-state index contributed by atoms with van der Waals surface area (Å²) in [5.41, 5.74) is 0.815. The SMILES string of the molecule is CCOc1cc(/C=C/C(=O)N2CC(C)CC(C)C2)cc(Cl)c1OC. The highest BCUT2D eigenvalue weighted by atomic mass is 35.5. The Hall–Kier alpha value is -1.68. The van der Waals surface area contributed by atoms with E-state index in [0.29, 0.717) is 35.0 Å². The molecule has 1 heterocycles. The van der Waals surface area contributed by atoms with E-state index in [2.05, 4.69) is 13.8 Å². The first kappa shape index (κ1) is 18.7. The first-order valence-corrected chi connectivity index (χ1v) is 8.79. The van der Waals surface area contributed by atoms with E-state index < -0.39 is 0 Å². The number of benzene rings is 1. The average Bonchev–Trinajstić information content (AvgIpc) is 2.52. The molecule has 4 nitrogen and oxygen atoms in total. The number of ether oxygens (including phenoxy) is 2. The van der Waals surface area contributed by atoms with Gasteiger partial charge in [-0.25, -0.2) is 0 Å². The molecule has 0 radical (unpaired) electrons. The van der Waals surface area contributed by atoms with E-state index >= 15 is 0 Å². The predicted molar refractivity (Wildman–Crippen MR) is 97.7 cm³/mol. The van der Waals surface area contributed by atoms with Gasteiger partial charge in [0, 0.05) is 19.2 Å². The molecule has 1 saturated heterocycles. The number of hydrogen-bond acceptors (Lipinski definition) is 3. The number of piperidine rings is 1. The van der Waals surface area contributed by atoms with Crippen molar-refractivity contribution in [3.63, 3.8) is 0 Å². The van der Waals surface area contributed by atoms with Gasteiger partial charge in [0.15, 0.2) is 11.5 Å². The minimum Gasteiger partial charge on any atom is -0.491 e. The fourth-order valence-electron chi connectivity index (χ4n) is 3.26. The Bertz CT molecular complexity index is 605. The second kappa shape index (κ2) is 8.43. The van der Waals surface area contributed by atoms with Crippen molar-refractivity contribution in [1.82, 2.24) is 4.90 Å². The van der Waals surface area contributed by atoms with Gasteiger partial charge in [0.05, 0.1) is 18.7 Å². The summed E-state index contributed by atoms with van der Waals surface area (Å²) in [6.45, 7) is 8.44. The van der Waals surface area contributed by atoms with Crippen LogP contribution in [-0.2, 0) is 4.79 Å². The minimum atomic E-state index is 0.0401. The molecular formula is C19H26ClNO3. The van der Waals surface area contributed by atoms with Gasteiger partial charge in [-0.1, -0.05) is 25.4 Å². The molecule has 1 aliphatic heterocycles. The topological polar surface area (TPSA) is 38.8 Å². The highest BCUT2D eigenvalue weighted by Crippen LogP contribution is 2.36. The summed E-state index contributed by atoms with van der Waals surface area (Å²) >= 11 is 6.24. The van der Waals surface area contributed by atoms with Gasteiger partial charge < -0.3 is 14.4 Å². The number of rotatable bonds is 5. The van der Waals surface area contributed by atoms with Crippen LogP contribution >= 0.6 is 11.6 Å². The Morgan fingerprint density at radius 2 is 2.00 bits per heavy atom. The highest BCUT2D eigenvalue weighted by Gasteiger charge is 2.24. The van der Waals surface area contributed by atoms with Crippen LogP contribution in [-0.4, -0.2) is 37.6 Å². The van der Waals surface area contributed by atoms with E-state index in [4.69, 9.17) is 21.1 Å². The number of amides is 1. The van der Waals surface area contributed by atoms with Crippen LogP contribution in [0.4, 0.5) is 0 Å². The fourth-order valence-corrected chi connectivity index (χ4v) is 3.56. The van der Waals surface area contributed by atoms with E-state index in [9.17, 15) is 4.79 Å². The Morgan fingerprint density at radius 3 is 2.58 bits per heavy atom. The number of carbonyl (C=O) groups excluding carboxylic acids is 1. The molecular weight excluding hydrogens is 326 g/mol. The summed E-state index contributed by atoms with van der Waals surface area (Å²) in [5.74, 6) is 2.23. The van der Waals surface area contributed by atoms with Crippen LogP contribution in [0.5, 0.6) is 11.5 Å². The van der Waals surface area contributed by atoms with Gasteiger partial charge in [-0.2, -0.15) is 0 Å². The molecule has 1 aromatic carbocycles. The monoisotopic (exact) mass is 351 g/mol. The largest absolute Gasteiger partial charge is 0.491 e. The Morgan fingerprint density at radius 1 is 1.33 bits per heavy atom. The summed E-state index contributed by atoms with van der Waals surface area (Å²) in [7, 11) is 1.56. The molecule has 132 valence electrons. The Labute approximate surface area is 149 Å². The van der Waals surface area contributed by atoms with Crippen molar-refractivity contribution in [2.45, 2.75) is 27.2 Å². The van der Waals surface area contributed by atoms with E-state index in [1.165, 1.54) is 6.42 Å². The smallest absolute Gasteiger partial charge is 0.246 e. The maximum absolute atomic E-state index is 12.4. The lowest BCUT2D eigenvalue weighted by atomic mass is 9.92. The molecule has 2 atom stereocenters. The number of carbonyl (C=O) groups is 1. The third-order valence-electron chi connectivity index (χ3n) is 4.13. The maximum Gasteiger partial charge on any atom is 0.246 e. The van der Waals surface area contributed by atoms with Crippen molar-refractivity contribution < 1.29 is 14.3 Å². The fraction of sp³-hybridized carbons (Fsp3) is 0.526. The van der Waals surface area contributed by atoms with Crippen LogP contribution in [0, 0.1) is 11.8 Å². The third kappa shape index (κ3) is 4.67. The standard InChI is InChI=1S/C19H26ClNO3/c1-5-24-17-10-15(9-16(20)19(17)23-4)6-7-18(22)21-11-13(2)8-14(3)12-21/h6-7,9-10,13-14H,5,8,11-12H2,1-4H3/b7-6+. The van der Waals surface area contributed by atoms with Gasteiger partial charge in [0.2, 0.25) is 5.91 Å². The van der Waals surface area contributed by atoms with Gasteiger partial charge in [-0.15, -0.1) is 0 Å².